The van der Waals surface area contributed by atoms with Gasteiger partial charge < -0.3 is 5.73 Å². The van der Waals surface area contributed by atoms with Crippen molar-refractivity contribution in [3.05, 3.63) is 64.4 Å². The standard InChI is InChI=1S/C15H15ClFNO2S/c1-10-5-7-11(8-6-10)21(19,20)14(9-18)15-12(16)3-2-4-13(15)17/h2-8,14H,9,18H2,1H3/t14-/m0/s1. The van der Waals surface area contributed by atoms with Gasteiger partial charge in [0.15, 0.2) is 9.84 Å². The Hall–Kier alpha value is -1.43. The van der Waals surface area contributed by atoms with Crippen molar-refractivity contribution in [1.29, 1.82) is 0 Å². The van der Waals surface area contributed by atoms with E-state index in [1.165, 1.54) is 30.3 Å². The summed E-state index contributed by atoms with van der Waals surface area (Å²) in [6.45, 7) is 1.60. The molecule has 3 nitrogen and oxygen atoms in total. The molecule has 2 aromatic rings. The van der Waals surface area contributed by atoms with Crippen LogP contribution in [0, 0.1) is 12.7 Å². The second-order valence-corrected chi connectivity index (χ2v) is 7.26. The van der Waals surface area contributed by atoms with Crippen molar-refractivity contribution in [3.8, 4) is 0 Å². The molecule has 0 aromatic heterocycles. The molecular formula is C15H15ClFNO2S. The summed E-state index contributed by atoms with van der Waals surface area (Å²) in [6, 6.07) is 10.4. The van der Waals surface area contributed by atoms with Gasteiger partial charge >= 0.3 is 0 Å². The van der Waals surface area contributed by atoms with E-state index in [1.54, 1.807) is 12.1 Å². The molecule has 0 amide bonds. The lowest BCUT2D eigenvalue weighted by molar-refractivity contribution is 0.568. The van der Waals surface area contributed by atoms with Crippen LogP contribution in [0.15, 0.2) is 47.4 Å². The van der Waals surface area contributed by atoms with Crippen LogP contribution in [-0.2, 0) is 9.84 Å². The second kappa shape index (κ2) is 6.13. The van der Waals surface area contributed by atoms with E-state index >= 15 is 0 Å². The maximum Gasteiger partial charge on any atom is 0.186 e. The summed E-state index contributed by atoms with van der Waals surface area (Å²) in [5.41, 5.74) is 6.44. The van der Waals surface area contributed by atoms with E-state index in [4.69, 9.17) is 17.3 Å². The molecule has 0 heterocycles. The highest BCUT2D eigenvalue weighted by atomic mass is 35.5. The molecule has 0 fully saturated rings. The van der Waals surface area contributed by atoms with Crippen LogP contribution in [0.2, 0.25) is 5.02 Å². The van der Waals surface area contributed by atoms with Gasteiger partial charge in [-0.15, -0.1) is 0 Å². The molecule has 2 N–H and O–H groups in total. The van der Waals surface area contributed by atoms with Crippen LogP contribution in [0.4, 0.5) is 4.39 Å². The highest BCUT2D eigenvalue weighted by Gasteiger charge is 2.31. The van der Waals surface area contributed by atoms with Gasteiger partial charge in [-0.05, 0) is 31.2 Å². The van der Waals surface area contributed by atoms with Crippen molar-refractivity contribution in [1.82, 2.24) is 0 Å². The average molecular weight is 328 g/mol. The number of rotatable bonds is 4. The number of hydrogen-bond acceptors (Lipinski definition) is 3. The molecule has 1 atom stereocenters. The summed E-state index contributed by atoms with van der Waals surface area (Å²) >= 11 is 5.96. The van der Waals surface area contributed by atoms with Crippen molar-refractivity contribution in [3.63, 3.8) is 0 Å². The van der Waals surface area contributed by atoms with Gasteiger partial charge in [-0.1, -0.05) is 35.4 Å². The number of sulfone groups is 1. The second-order valence-electron chi connectivity index (χ2n) is 4.72. The van der Waals surface area contributed by atoms with Crippen LogP contribution in [-0.4, -0.2) is 15.0 Å². The van der Waals surface area contributed by atoms with Crippen LogP contribution < -0.4 is 5.73 Å². The van der Waals surface area contributed by atoms with Gasteiger partial charge in [-0.3, -0.25) is 0 Å². The van der Waals surface area contributed by atoms with E-state index in [2.05, 4.69) is 0 Å². The molecule has 0 unspecified atom stereocenters. The molecule has 0 aliphatic heterocycles. The van der Waals surface area contributed by atoms with Crippen molar-refractivity contribution in [2.75, 3.05) is 6.54 Å². The number of halogens is 2. The number of benzene rings is 2. The number of nitrogens with two attached hydrogens (primary N) is 1. The first kappa shape index (κ1) is 15.9. The molecule has 2 aromatic carbocycles. The van der Waals surface area contributed by atoms with Gasteiger partial charge in [-0.2, -0.15) is 0 Å². The van der Waals surface area contributed by atoms with E-state index in [9.17, 15) is 12.8 Å². The van der Waals surface area contributed by atoms with Crippen LogP contribution in [0.3, 0.4) is 0 Å². The summed E-state index contributed by atoms with van der Waals surface area (Å²) in [4.78, 5) is 0.0999. The van der Waals surface area contributed by atoms with Gasteiger partial charge in [0, 0.05) is 17.1 Å². The largest absolute Gasteiger partial charge is 0.329 e. The van der Waals surface area contributed by atoms with Gasteiger partial charge in [0.2, 0.25) is 0 Å². The fourth-order valence-electron chi connectivity index (χ4n) is 2.11. The highest BCUT2D eigenvalue weighted by molar-refractivity contribution is 7.91. The minimum absolute atomic E-state index is 0.0566. The third-order valence-electron chi connectivity index (χ3n) is 3.26. The fraction of sp³-hybridized carbons (Fsp3) is 0.200. The van der Waals surface area contributed by atoms with Crippen molar-refractivity contribution >= 4 is 21.4 Å². The lowest BCUT2D eigenvalue weighted by Crippen LogP contribution is -2.23. The molecule has 21 heavy (non-hydrogen) atoms. The summed E-state index contributed by atoms with van der Waals surface area (Å²) in [5.74, 6) is -0.673. The molecule has 6 heteroatoms. The monoisotopic (exact) mass is 327 g/mol. The maximum absolute atomic E-state index is 14.0. The Kier molecular flexibility index (Phi) is 4.66. The minimum Gasteiger partial charge on any atom is -0.329 e. The quantitative estimate of drug-likeness (QED) is 0.937. The molecule has 2 rings (SSSR count). The predicted molar refractivity (Wildman–Crippen MR) is 81.6 cm³/mol. The molecule has 112 valence electrons. The van der Waals surface area contributed by atoms with E-state index in [0.29, 0.717) is 0 Å². The summed E-state index contributed by atoms with van der Waals surface area (Å²) in [6.07, 6.45) is 0. The molecule has 0 saturated carbocycles. The van der Waals surface area contributed by atoms with Crippen molar-refractivity contribution < 1.29 is 12.8 Å². The average Bonchev–Trinajstić information content (AvgIpc) is 2.43. The first-order valence-corrected chi connectivity index (χ1v) is 8.25. The van der Waals surface area contributed by atoms with Crippen LogP contribution >= 0.6 is 11.6 Å². The van der Waals surface area contributed by atoms with E-state index in [1.807, 2.05) is 6.92 Å². The lowest BCUT2D eigenvalue weighted by Gasteiger charge is -2.18. The molecule has 0 aliphatic carbocycles. The van der Waals surface area contributed by atoms with E-state index in [-0.39, 0.29) is 22.0 Å². The maximum atomic E-state index is 14.0. The highest BCUT2D eigenvalue weighted by Crippen LogP contribution is 2.34. The van der Waals surface area contributed by atoms with E-state index in [0.717, 1.165) is 5.56 Å². The SMILES string of the molecule is Cc1ccc(S(=O)(=O)[C@@H](CN)c2c(F)cccc2Cl)cc1. The van der Waals surface area contributed by atoms with Crippen LogP contribution in [0.5, 0.6) is 0 Å². The Morgan fingerprint density at radius 2 is 1.81 bits per heavy atom. The van der Waals surface area contributed by atoms with Crippen LogP contribution in [0.1, 0.15) is 16.4 Å². The van der Waals surface area contributed by atoms with Crippen molar-refractivity contribution in [2.24, 2.45) is 5.73 Å². The first-order valence-electron chi connectivity index (χ1n) is 6.32. The van der Waals surface area contributed by atoms with Crippen molar-refractivity contribution in [2.45, 2.75) is 17.1 Å². The van der Waals surface area contributed by atoms with Crippen LogP contribution in [0.25, 0.3) is 0 Å². The summed E-state index contributed by atoms with van der Waals surface area (Å²) < 4.78 is 39.3. The molecule has 0 spiro atoms. The third kappa shape index (κ3) is 3.10. The fourth-order valence-corrected chi connectivity index (χ4v) is 4.12. The summed E-state index contributed by atoms with van der Waals surface area (Å²) in [5, 5.41) is -1.16. The molecule has 0 bridgehead atoms. The molecular weight excluding hydrogens is 313 g/mol. The number of hydrogen-bond donors (Lipinski definition) is 1. The Labute approximate surface area is 128 Å². The smallest absolute Gasteiger partial charge is 0.186 e. The molecule has 0 saturated heterocycles. The van der Waals surface area contributed by atoms with Gasteiger partial charge in [-0.25, -0.2) is 12.8 Å². The normalized spacial score (nSPS) is 13.1. The minimum atomic E-state index is -3.82. The zero-order valence-corrected chi connectivity index (χ0v) is 13.0. The molecule has 0 aliphatic rings. The Morgan fingerprint density at radius 1 is 1.19 bits per heavy atom. The zero-order valence-electron chi connectivity index (χ0n) is 11.4. The molecule has 0 radical (unpaired) electrons. The van der Waals surface area contributed by atoms with Gasteiger partial charge in [0.05, 0.1) is 4.90 Å². The summed E-state index contributed by atoms with van der Waals surface area (Å²) in [7, 11) is -3.82. The zero-order chi connectivity index (χ0) is 15.6. The van der Waals surface area contributed by atoms with E-state index < -0.39 is 20.9 Å². The Morgan fingerprint density at radius 3 is 2.33 bits per heavy atom. The Balaban J connectivity index is 2.57. The number of aryl methyl sites for hydroxylation is 1. The topological polar surface area (TPSA) is 60.2 Å². The Bertz CT molecular complexity index is 725. The lowest BCUT2D eigenvalue weighted by atomic mass is 10.1. The predicted octanol–water partition coefficient (Wildman–Crippen LogP) is 3.26. The van der Waals surface area contributed by atoms with Gasteiger partial charge in [0.1, 0.15) is 11.1 Å². The first-order chi connectivity index (χ1) is 9.87. The third-order valence-corrected chi connectivity index (χ3v) is 5.70. The van der Waals surface area contributed by atoms with Gasteiger partial charge in [0.25, 0.3) is 0 Å².